The molecule has 6 nitrogen and oxygen atoms in total. The largest absolute Gasteiger partial charge is 0.392 e. The number of anilines is 1. The Morgan fingerprint density at radius 3 is 2.56 bits per heavy atom. The van der Waals surface area contributed by atoms with Gasteiger partial charge >= 0.3 is 6.03 Å². The third kappa shape index (κ3) is 3.64. The summed E-state index contributed by atoms with van der Waals surface area (Å²) in [7, 11) is 0. The molecule has 0 bridgehead atoms. The predicted molar refractivity (Wildman–Crippen MR) is 97.6 cm³/mol. The molecule has 3 N–H and O–H groups in total. The molecule has 3 aromatic rings. The van der Waals surface area contributed by atoms with Gasteiger partial charge in [-0.05, 0) is 54.7 Å². The summed E-state index contributed by atoms with van der Waals surface area (Å²) in [5.74, 6) is 0. The van der Waals surface area contributed by atoms with E-state index in [1.807, 2.05) is 55.8 Å². The number of amides is 2. The first-order chi connectivity index (χ1) is 12.0. The van der Waals surface area contributed by atoms with E-state index in [9.17, 15) is 9.90 Å². The monoisotopic (exact) mass is 338 g/mol. The molecular weight excluding hydrogens is 316 g/mol. The van der Waals surface area contributed by atoms with E-state index in [1.54, 1.807) is 6.20 Å². The average molecular weight is 338 g/mol. The first-order valence-electron chi connectivity index (χ1n) is 8.16. The van der Waals surface area contributed by atoms with Crippen LogP contribution in [0.4, 0.5) is 10.5 Å². The van der Waals surface area contributed by atoms with Crippen molar-refractivity contribution >= 4 is 17.4 Å². The van der Waals surface area contributed by atoms with Gasteiger partial charge in [-0.25, -0.2) is 9.78 Å². The fourth-order valence-corrected chi connectivity index (χ4v) is 3.07. The van der Waals surface area contributed by atoms with Crippen molar-refractivity contribution in [2.45, 2.75) is 33.9 Å². The van der Waals surface area contributed by atoms with Crippen molar-refractivity contribution in [1.82, 2.24) is 14.7 Å². The molecule has 2 amide bonds. The number of carbonyl (C=O) groups is 1. The van der Waals surface area contributed by atoms with E-state index < -0.39 is 0 Å². The molecule has 25 heavy (non-hydrogen) atoms. The average Bonchev–Trinajstić information content (AvgIpc) is 3.02. The van der Waals surface area contributed by atoms with Gasteiger partial charge in [0.15, 0.2) is 0 Å². The number of aryl methyl sites for hydroxylation is 3. The van der Waals surface area contributed by atoms with E-state index in [-0.39, 0.29) is 12.6 Å². The lowest BCUT2D eigenvalue weighted by molar-refractivity contribution is 0.251. The van der Waals surface area contributed by atoms with E-state index in [4.69, 9.17) is 0 Å². The molecule has 0 spiro atoms. The summed E-state index contributed by atoms with van der Waals surface area (Å²) in [5.41, 5.74) is 6.64. The second kappa shape index (κ2) is 6.94. The maximum atomic E-state index is 12.2. The zero-order valence-corrected chi connectivity index (χ0v) is 14.6. The predicted octanol–water partition coefficient (Wildman–Crippen LogP) is 3.07. The number of fused-ring (bicyclic) bond motifs is 1. The highest BCUT2D eigenvalue weighted by Gasteiger charge is 2.09. The highest BCUT2D eigenvalue weighted by molar-refractivity contribution is 5.89. The van der Waals surface area contributed by atoms with E-state index >= 15 is 0 Å². The first kappa shape index (κ1) is 17.0. The molecule has 0 aliphatic carbocycles. The molecule has 0 saturated carbocycles. The maximum Gasteiger partial charge on any atom is 0.319 e. The molecule has 1 aromatic carbocycles. The number of pyridine rings is 1. The fraction of sp³-hybridized carbons (Fsp3) is 0.263. The SMILES string of the molecule is Cc1cc(CO)cc(C)c1CNC(=O)Nc1cc(C)c2nccn2c1. The number of hydrogen-bond acceptors (Lipinski definition) is 3. The number of imidazole rings is 1. The molecule has 0 aliphatic rings. The Labute approximate surface area is 146 Å². The van der Waals surface area contributed by atoms with Crippen LogP contribution in [0.3, 0.4) is 0 Å². The standard InChI is InChI=1S/C19H22N4O2/c1-12-6-15(11-24)7-13(2)17(12)9-21-19(25)22-16-8-14(3)18-20-4-5-23(18)10-16/h4-8,10,24H,9,11H2,1-3H3,(H2,21,22,25). The van der Waals surface area contributed by atoms with Crippen LogP contribution < -0.4 is 10.6 Å². The third-order valence-corrected chi connectivity index (χ3v) is 4.29. The topological polar surface area (TPSA) is 78.7 Å². The molecule has 3 rings (SSSR count). The number of aliphatic hydroxyl groups is 1. The van der Waals surface area contributed by atoms with Crippen molar-refractivity contribution in [1.29, 1.82) is 0 Å². The zero-order chi connectivity index (χ0) is 18.0. The molecule has 130 valence electrons. The number of nitrogens with one attached hydrogen (secondary N) is 2. The lowest BCUT2D eigenvalue weighted by Crippen LogP contribution is -2.29. The zero-order valence-electron chi connectivity index (χ0n) is 14.6. The Kier molecular flexibility index (Phi) is 4.72. The number of aliphatic hydroxyl groups excluding tert-OH is 1. The molecular formula is C19H22N4O2. The van der Waals surface area contributed by atoms with Gasteiger partial charge in [-0.2, -0.15) is 0 Å². The van der Waals surface area contributed by atoms with Gasteiger partial charge in [0.25, 0.3) is 0 Å². The van der Waals surface area contributed by atoms with Gasteiger partial charge in [0.1, 0.15) is 5.65 Å². The Balaban J connectivity index is 1.68. The lowest BCUT2D eigenvalue weighted by atomic mass is 9.99. The van der Waals surface area contributed by atoms with E-state index in [0.717, 1.165) is 33.5 Å². The Morgan fingerprint density at radius 2 is 1.88 bits per heavy atom. The molecule has 0 aliphatic heterocycles. The number of urea groups is 1. The number of aromatic nitrogens is 2. The van der Waals surface area contributed by atoms with Gasteiger partial charge in [0.05, 0.1) is 12.3 Å². The Morgan fingerprint density at radius 1 is 1.16 bits per heavy atom. The van der Waals surface area contributed by atoms with Crippen molar-refractivity contribution in [3.05, 3.63) is 64.6 Å². The van der Waals surface area contributed by atoms with E-state index in [2.05, 4.69) is 15.6 Å². The summed E-state index contributed by atoms with van der Waals surface area (Å²) in [6.45, 7) is 6.38. The normalized spacial score (nSPS) is 10.9. The van der Waals surface area contributed by atoms with Crippen molar-refractivity contribution in [3.8, 4) is 0 Å². The van der Waals surface area contributed by atoms with Crippen molar-refractivity contribution in [2.75, 3.05) is 5.32 Å². The van der Waals surface area contributed by atoms with Gasteiger partial charge in [0, 0.05) is 25.1 Å². The molecule has 0 fully saturated rings. The lowest BCUT2D eigenvalue weighted by Gasteiger charge is -2.14. The molecule has 2 aromatic heterocycles. The van der Waals surface area contributed by atoms with Gasteiger partial charge in [-0.1, -0.05) is 12.1 Å². The van der Waals surface area contributed by atoms with Crippen LogP contribution in [0.1, 0.15) is 27.8 Å². The van der Waals surface area contributed by atoms with Gasteiger partial charge in [0.2, 0.25) is 0 Å². The molecule has 6 heteroatoms. The number of benzene rings is 1. The van der Waals surface area contributed by atoms with Crippen LogP contribution in [0, 0.1) is 20.8 Å². The van der Waals surface area contributed by atoms with Crippen molar-refractivity contribution in [2.24, 2.45) is 0 Å². The quantitative estimate of drug-likeness (QED) is 0.684. The Hall–Kier alpha value is -2.86. The van der Waals surface area contributed by atoms with E-state index in [1.165, 1.54) is 0 Å². The van der Waals surface area contributed by atoms with Crippen LogP contribution in [0.15, 0.2) is 36.8 Å². The van der Waals surface area contributed by atoms with Crippen LogP contribution >= 0.6 is 0 Å². The van der Waals surface area contributed by atoms with Gasteiger partial charge in [-0.15, -0.1) is 0 Å². The number of carbonyl (C=O) groups excluding carboxylic acids is 1. The van der Waals surface area contributed by atoms with Crippen molar-refractivity contribution < 1.29 is 9.90 Å². The molecule has 0 atom stereocenters. The van der Waals surface area contributed by atoms with E-state index in [0.29, 0.717) is 12.2 Å². The smallest absolute Gasteiger partial charge is 0.319 e. The summed E-state index contributed by atoms with van der Waals surface area (Å²) in [6, 6.07) is 5.52. The number of nitrogens with zero attached hydrogens (tertiary/aromatic N) is 2. The maximum absolute atomic E-state index is 12.2. The van der Waals surface area contributed by atoms with Crippen LogP contribution in [0.25, 0.3) is 5.65 Å². The fourth-order valence-electron chi connectivity index (χ4n) is 3.07. The van der Waals surface area contributed by atoms with Crippen LogP contribution in [-0.4, -0.2) is 20.5 Å². The second-order valence-corrected chi connectivity index (χ2v) is 6.24. The van der Waals surface area contributed by atoms with Crippen LogP contribution in [0.5, 0.6) is 0 Å². The summed E-state index contributed by atoms with van der Waals surface area (Å²) in [5, 5.41) is 15.0. The number of rotatable bonds is 4. The number of hydrogen-bond donors (Lipinski definition) is 3. The van der Waals surface area contributed by atoms with Crippen LogP contribution in [-0.2, 0) is 13.2 Å². The minimum atomic E-state index is -0.260. The minimum absolute atomic E-state index is 0.0198. The summed E-state index contributed by atoms with van der Waals surface area (Å²) in [4.78, 5) is 16.5. The first-order valence-corrected chi connectivity index (χ1v) is 8.16. The molecule has 0 unspecified atom stereocenters. The van der Waals surface area contributed by atoms with Gasteiger partial charge in [-0.3, -0.25) is 0 Å². The van der Waals surface area contributed by atoms with Crippen LogP contribution in [0.2, 0.25) is 0 Å². The summed E-state index contributed by atoms with van der Waals surface area (Å²) < 4.78 is 1.88. The third-order valence-electron chi connectivity index (χ3n) is 4.29. The molecule has 0 saturated heterocycles. The highest BCUT2D eigenvalue weighted by atomic mass is 16.3. The Bertz CT molecular complexity index is 907. The van der Waals surface area contributed by atoms with Gasteiger partial charge < -0.3 is 20.1 Å². The molecule has 0 radical (unpaired) electrons. The molecule has 2 heterocycles. The van der Waals surface area contributed by atoms with Crippen molar-refractivity contribution in [3.63, 3.8) is 0 Å². The second-order valence-electron chi connectivity index (χ2n) is 6.24. The summed E-state index contributed by atoms with van der Waals surface area (Å²) >= 11 is 0. The summed E-state index contributed by atoms with van der Waals surface area (Å²) in [6.07, 6.45) is 5.41. The minimum Gasteiger partial charge on any atom is -0.392 e. The highest BCUT2D eigenvalue weighted by Crippen LogP contribution is 2.17.